The van der Waals surface area contributed by atoms with Gasteiger partial charge in [-0.25, -0.2) is 14.8 Å². The zero-order valence-electron chi connectivity index (χ0n) is 14.6. The Morgan fingerprint density at radius 2 is 1.81 bits per heavy atom. The minimum Gasteiger partial charge on any atom is -0.478 e. The van der Waals surface area contributed by atoms with Gasteiger partial charge in [-0.3, -0.25) is 0 Å². The van der Waals surface area contributed by atoms with E-state index < -0.39 is 5.97 Å². The van der Waals surface area contributed by atoms with Gasteiger partial charge in [0.2, 0.25) is 0 Å². The molecule has 27 heavy (non-hydrogen) atoms. The Labute approximate surface area is 162 Å². The number of benzene rings is 2. The van der Waals surface area contributed by atoms with Crippen LogP contribution in [0.2, 0.25) is 5.02 Å². The average molecular weight is 380 g/mol. The van der Waals surface area contributed by atoms with Gasteiger partial charge in [-0.2, -0.15) is 0 Å². The van der Waals surface area contributed by atoms with Gasteiger partial charge in [-0.1, -0.05) is 23.7 Å². The van der Waals surface area contributed by atoms with Crippen molar-refractivity contribution >= 4 is 29.1 Å². The van der Waals surface area contributed by atoms with E-state index in [2.05, 4.69) is 5.32 Å². The maximum absolute atomic E-state index is 11.0. The van der Waals surface area contributed by atoms with Crippen LogP contribution >= 0.6 is 11.6 Å². The third kappa shape index (κ3) is 3.78. The normalized spacial score (nSPS) is 13.1. The molecule has 4 rings (SSSR count). The number of aromatic carboxylic acids is 1. The van der Waals surface area contributed by atoms with Crippen LogP contribution in [0, 0.1) is 0 Å². The molecule has 0 fully saturated rings. The number of nitrogens with one attached hydrogen (secondary N) is 1. The van der Waals surface area contributed by atoms with Crippen LogP contribution in [0.5, 0.6) is 0 Å². The maximum Gasteiger partial charge on any atom is 0.335 e. The summed E-state index contributed by atoms with van der Waals surface area (Å²) in [5, 5.41) is 13.0. The SMILES string of the molecule is O=C(O)c1ccc(Nc2nc(-c3cccc(Cl)c3)nc3c2CCCC3)cc1. The van der Waals surface area contributed by atoms with Crippen molar-refractivity contribution in [3.05, 3.63) is 70.4 Å². The molecule has 0 saturated carbocycles. The second-order valence-corrected chi connectivity index (χ2v) is 6.98. The number of carboxylic acid groups (broad SMARTS) is 1. The zero-order valence-corrected chi connectivity index (χ0v) is 15.3. The van der Waals surface area contributed by atoms with Gasteiger partial charge in [-0.15, -0.1) is 0 Å². The molecule has 0 atom stereocenters. The predicted molar refractivity (Wildman–Crippen MR) is 106 cm³/mol. The molecule has 3 aromatic rings. The highest BCUT2D eigenvalue weighted by Crippen LogP contribution is 2.31. The first-order valence-corrected chi connectivity index (χ1v) is 9.24. The van der Waals surface area contributed by atoms with Crippen LogP contribution in [0.25, 0.3) is 11.4 Å². The van der Waals surface area contributed by atoms with Crippen LogP contribution in [0.3, 0.4) is 0 Å². The molecule has 2 N–H and O–H groups in total. The number of hydrogen-bond acceptors (Lipinski definition) is 4. The molecule has 0 unspecified atom stereocenters. The zero-order chi connectivity index (χ0) is 18.8. The van der Waals surface area contributed by atoms with Gasteiger partial charge >= 0.3 is 5.97 Å². The second-order valence-electron chi connectivity index (χ2n) is 6.55. The topological polar surface area (TPSA) is 75.1 Å². The van der Waals surface area contributed by atoms with Crippen LogP contribution in [0.1, 0.15) is 34.5 Å². The summed E-state index contributed by atoms with van der Waals surface area (Å²) < 4.78 is 0. The Kier molecular flexibility index (Phi) is 4.77. The van der Waals surface area contributed by atoms with E-state index in [0.29, 0.717) is 10.8 Å². The van der Waals surface area contributed by atoms with E-state index in [-0.39, 0.29) is 5.56 Å². The summed E-state index contributed by atoms with van der Waals surface area (Å²) in [7, 11) is 0. The average Bonchev–Trinajstić information content (AvgIpc) is 2.68. The Bertz CT molecular complexity index is 1000. The van der Waals surface area contributed by atoms with E-state index in [1.54, 1.807) is 24.3 Å². The molecular formula is C21H18ClN3O2. The van der Waals surface area contributed by atoms with Crippen LogP contribution < -0.4 is 5.32 Å². The van der Waals surface area contributed by atoms with E-state index in [0.717, 1.165) is 54.0 Å². The number of aromatic nitrogens is 2. The number of halogens is 1. The molecule has 0 amide bonds. The number of nitrogens with zero attached hydrogens (tertiary/aromatic N) is 2. The number of hydrogen-bond donors (Lipinski definition) is 2. The molecule has 6 heteroatoms. The van der Waals surface area contributed by atoms with Gasteiger partial charge in [0.25, 0.3) is 0 Å². The standard InChI is InChI=1S/C21H18ClN3O2/c22-15-5-3-4-14(12-15)19-24-18-7-2-1-6-17(18)20(25-19)23-16-10-8-13(9-11-16)21(26)27/h3-5,8-12H,1-2,6-7H2,(H,26,27)(H,23,24,25). The van der Waals surface area contributed by atoms with E-state index >= 15 is 0 Å². The van der Waals surface area contributed by atoms with Crippen LogP contribution in [0.4, 0.5) is 11.5 Å². The summed E-state index contributed by atoms with van der Waals surface area (Å²) >= 11 is 6.13. The van der Waals surface area contributed by atoms with Crippen molar-refractivity contribution in [3.8, 4) is 11.4 Å². The minimum absolute atomic E-state index is 0.255. The Balaban J connectivity index is 1.74. The number of aryl methyl sites for hydroxylation is 1. The summed E-state index contributed by atoms with van der Waals surface area (Å²) in [4.78, 5) is 20.6. The number of fused-ring (bicyclic) bond motifs is 1. The van der Waals surface area contributed by atoms with Crippen molar-refractivity contribution in [2.45, 2.75) is 25.7 Å². The van der Waals surface area contributed by atoms with E-state index in [1.165, 1.54) is 0 Å². The highest BCUT2D eigenvalue weighted by atomic mass is 35.5. The first-order chi connectivity index (χ1) is 13.1. The molecule has 2 aromatic carbocycles. The Hall–Kier alpha value is -2.92. The lowest BCUT2D eigenvalue weighted by atomic mass is 9.96. The van der Waals surface area contributed by atoms with Gasteiger partial charge in [0.1, 0.15) is 5.82 Å². The third-order valence-electron chi connectivity index (χ3n) is 4.66. The number of rotatable bonds is 4. The van der Waals surface area contributed by atoms with Crippen LogP contribution in [-0.2, 0) is 12.8 Å². The first-order valence-electron chi connectivity index (χ1n) is 8.86. The smallest absolute Gasteiger partial charge is 0.335 e. The molecule has 136 valence electrons. The van der Waals surface area contributed by atoms with Crippen molar-refractivity contribution in [2.75, 3.05) is 5.32 Å². The van der Waals surface area contributed by atoms with E-state index in [1.807, 2.05) is 24.3 Å². The lowest BCUT2D eigenvalue weighted by Gasteiger charge is -2.20. The molecule has 1 aliphatic rings. The molecule has 0 radical (unpaired) electrons. The van der Waals surface area contributed by atoms with Gasteiger partial charge in [0, 0.05) is 27.5 Å². The fourth-order valence-corrected chi connectivity index (χ4v) is 3.48. The lowest BCUT2D eigenvalue weighted by Crippen LogP contribution is -2.12. The highest BCUT2D eigenvalue weighted by Gasteiger charge is 2.19. The van der Waals surface area contributed by atoms with Gasteiger partial charge in [0.05, 0.1) is 5.56 Å². The predicted octanol–water partition coefficient (Wildman–Crippen LogP) is 5.12. The van der Waals surface area contributed by atoms with Gasteiger partial charge < -0.3 is 10.4 Å². The summed E-state index contributed by atoms with van der Waals surface area (Å²) in [6, 6.07) is 14.2. The van der Waals surface area contributed by atoms with Gasteiger partial charge in [0.15, 0.2) is 5.82 Å². The molecule has 0 saturated heterocycles. The third-order valence-corrected chi connectivity index (χ3v) is 4.90. The summed E-state index contributed by atoms with van der Waals surface area (Å²) in [5.41, 5.74) is 4.12. The number of carbonyl (C=O) groups is 1. The number of anilines is 2. The molecule has 1 heterocycles. The second kappa shape index (κ2) is 7.37. The monoisotopic (exact) mass is 379 g/mol. The minimum atomic E-state index is -0.941. The van der Waals surface area contributed by atoms with Crippen molar-refractivity contribution in [3.63, 3.8) is 0 Å². The highest BCUT2D eigenvalue weighted by molar-refractivity contribution is 6.30. The Morgan fingerprint density at radius 3 is 2.56 bits per heavy atom. The number of carboxylic acids is 1. The summed E-state index contributed by atoms with van der Waals surface area (Å²) in [6.45, 7) is 0. The van der Waals surface area contributed by atoms with Crippen molar-refractivity contribution in [1.82, 2.24) is 9.97 Å². The fraction of sp³-hybridized carbons (Fsp3) is 0.190. The fourth-order valence-electron chi connectivity index (χ4n) is 3.29. The van der Waals surface area contributed by atoms with Gasteiger partial charge in [-0.05, 0) is 62.1 Å². The molecule has 1 aliphatic carbocycles. The molecule has 0 spiro atoms. The Morgan fingerprint density at radius 1 is 1.04 bits per heavy atom. The molecule has 0 aliphatic heterocycles. The van der Waals surface area contributed by atoms with E-state index in [9.17, 15) is 4.79 Å². The lowest BCUT2D eigenvalue weighted by molar-refractivity contribution is 0.0697. The summed E-state index contributed by atoms with van der Waals surface area (Å²) in [6.07, 6.45) is 4.09. The molecule has 0 bridgehead atoms. The van der Waals surface area contributed by atoms with Crippen molar-refractivity contribution in [1.29, 1.82) is 0 Å². The van der Waals surface area contributed by atoms with Crippen molar-refractivity contribution in [2.24, 2.45) is 0 Å². The molecular weight excluding hydrogens is 362 g/mol. The molecule has 1 aromatic heterocycles. The van der Waals surface area contributed by atoms with Crippen molar-refractivity contribution < 1.29 is 9.90 Å². The largest absolute Gasteiger partial charge is 0.478 e. The van der Waals surface area contributed by atoms with Crippen LogP contribution in [0.15, 0.2) is 48.5 Å². The summed E-state index contributed by atoms with van der Waals surface area (Å²) in [5.74, 6) is 0.477. The quantitative estimate of drug-likeness (QED) is 0.658. The molecule has 5 nitrogen and oxygen atoms in total. The van der Waals surface area contributed by atoms with E-state index in [4.69, 9.17) is 26.7 Å². The first kappa shape index (κ1) is 17.5. The maximum atomic E-state index is 11.0. The van der Waals surface area contributed by atoms with Crippen LogP contribution in [-0.4, -0.2) is 21.0 Å².